The Balaban J connectivity index is 1.36. The Bertz CT molecular complexity index is 1070. The van der Waals surface area contributed by atoms with Gasteiger partial charge in [-0.2, -0.15) is 0 Å². The number of rotatable bonds is 6. The van der Waals surface area contributed by atoms with Gasteiger partial charge in [-0.3, -0.25) is 19.7 Å². The van der Waals surface area contributed by atoms with E-state index in [-0.39, 0.29) is 12.0 Å². The summed E-state index contributed by atoms with van der Waals surface area (Å²) in [5, 5.41) is 11.9. The highest BCUT2D eigenvalue weighted by molar-refractivity contribution is 5.89. The topological polar surface area (TPSA) is 66.3 Å². The van der Waals surface area contributed by atoms with Crippen molar-refractivity contribution in [3.63, 3.8) is 0 Å². The molecule has 2 aromatic heterocycles. The average molecular weight is 402 g/mol. The lowest BCUT2D eigenvalue weighted by Gasteiger charge is -2.29. The number of aliphatic hydroxyl groups excluding tert-OH is 1. The number of hydrogen-bond acceptors (Lipinski definition) is 5. The number of piperidine rings is 1. The molecule has 1 N–H and O–H groups in total. The molecule has 2 aliphatic rings. The Morgan fingerprint density at radius 1 is 0.967 bits per heavy atom. The second kappa shape index (κ2) is 8.25. The van der Waals surface area contributed by atoms with Crippen LogP contribution in [0.1, 0.15) is 36.9 Å². The molecule has 0 radical (unpaired) electrons. The smallest absolute Gasteiger partial charge is 0.141 e. The average Bonchev–Trinajstić information content (AvgIpc) is 3.61. The third kappa shape index (κ3) is 4.42. The standard InChI is InChI=1S/C25H27N3O2/c29-24-5-7-28(8-6-24)16-17-9-22(14-26-13-17)19-3-4-20-15-27-23(11-21(20)10-19)12-25(30)18-1-2-18/h3-4,9-11,13-15,18,24,29H,1-2,5-8,12,16H2. The van der Waals surface area contributed by atoms with Crippen LogP contribution in [0.2, 0.25) is 0 Å². The van der Waals surface area contributed by atoms with Gasteiger partial charge in [0.25, 0.3) is 0 Å². The Hall–Kier alpha value is -2.63. The molecule has 0 atom stereocenters. The zero-order chi connectivity index (χ0) is 20.5. The molecule has 1 aliphatic heterocycles. The number of aromatic nitrogens is 2. The lowest BCUT2D eigenvalue weighted by Crippen LogP contribution is -2.35. The highest BCUT2D eigenvalue weighted by Crippen LogP contribution is 2.31. The number of benzene rings is 1. The molecular formula is C25H27N3O2. The van der Waals surface area contributed by atoms with Crippen LogP contribution in [0.25, 0.3) is 21.9 Å². The fourth-order valence-electron chi connectivity index (χ4n) is 4.26. The van der Waals surface area contributed by atoms with Gasteiger partial charge in [0.05, 0.1) is 6.10 Å². The molecule has 1 aromatic carbocycles. The minimum Gasteiger partial charge on any atom is -0.393 e. The molecule has 0 unspecified atom stereocenters. The number of pyridine rings is 2. The number of hydrogen-bond donors (Lipinski definition) is 1. The fraction of sp³-hybridized carbons (Fsp3) is 0.400. The summed E-state index contributed by atoms with van der Waals surface area (Å²) in [7, 11) is 0. The molecule has 3 aromatic rings. The zero-order valence-electron chi connectivity index (χ0n) is 17.1. The predicted octanol–water partition coefficient (Wildman–Crippen LogP) is 3.78. The van der Waals surface area contributed by atoms with Crippen molar-refractivity contribution in [3.05, 3.63) is 60.2 Å². The third-order valence-electron chi connectivity index (χ3n) is 6.26. The van der Waals surface area contributed by atoms with Crippen molar-refractivity contribution in [1.29, 1.82) is 0 Å². The monoisotopic (exact) mass is 401 g/mol. The van der Waals surface area contributed by atoms with E-state index in [0.717, 1.165) is 72.9 Å². The first-order chi connectivity index (χ1) is 14.6. The van der Waals surface area contributed by atoms with Gasteiger partial charge >= 0.3 is 0 Å². The van der Waals surface area contributed by atoms with Crippen molar-refractivity contribution < 1.29 is 9.90 Å². The summed E-state index contributed by atoms with van der Waals surface area (Å²) in [6, 6.07) is 10.6. The molecule has 0 spiro atoms. The first kappa shape index (κ1) is 19.3. The molecule has 1 saturated heterocycles. The summed E-state index contributed by atoms with van der Waals surface area (Å²) in [5.74, 6) is 0.589. The lowest BCUT2D eigenvalue weighted by atomic mass is 10.0. The number of Topliss-reactive ketones (excluding diaryl/α,β-unsaturated/α-hetero) is 1. The van der Waals surface area contributed by atoms with E-state index in [2.05, 4.69) is 45.2 Å². The van der Waals surface area contributed by atoms with Gasteiger partial charge in [-0.1, -0.05) is 12.1 Å². The van der Waals surface area contributed by atoms with E-state index < -0.39 is 0 Å². The van der Waals surface area contributed by atoms with Gasteiger partial charge < -0.3 is 5.11 Å². The SMILES string of the molecule is O=C(Cc1cc2cc(-c3cncc(CN4CCC(O)CC4)c3)ccc2cn1)C1CC1. The molecule has 1 aliphatic carbocycles. The van der Waals surface area contributed by atoms with Crippen LogP contribution in [0.5, 0.6) is 0 Å². The number of carbonyl (C=O) groups is 1. The van der Waals surface area contributed by atoms with Crippen LogP contribution < -0.4 is 0 Å². The molecule has 5 nitrogen and oxygen atoms in total. The van der Waals surface area contributed by atoms with Crippen LogP contribution in [0.4, 0.5) is 0 Å². The second-order valence-electron chi connectivity index (χ2n) is 8.74. The molecule has 1 saturated carbocycles. The molecule has 154 valence electrons. The Morgan fingerprint density at radius 3 is 2.60 bits per heavy atom. The summed E-state index contributed by atoms with van der Waals surface area (Å²) < 4.78 is 0. The minimum absolute atomic E-state index is 0.151. The molecule has 5 heteroatoms. The molecule has 0 amide bonds. The molecule has 3 heterocycles. The Morgan fingerprint density at radius 2 is 1.80 bits per heavy atom. The molecule has 2 fully saturated rings. The quantitative estimate of drug-likeness (QED) is 0.681. The molecule has 0 bridgehead atoms. The van der Waals surface area contributed by atoms with Crippen molar-refractivity contribution >= 4 is 16.6 Å². The van der Waals surface area contributed by atoms with Crippen molar-refractivity contribution in [2.45, 2.75) is 44.8 Å². The van der Waals surface area contributed by atoms with Gasteiger partial charge in [-0.25, -0.2) is 0 Å². The first-order valence-electron chi connectivity index (χ1n) is 10.9. The van der Waals surface area contributed by atoms with Crippen molar-refractivity contribution in [2.75, 3.05) is 13.1 Å². The summed E-state index contributed by atoms with van der Waals surface area (Å²) in [6.45, 7) is 2.71. The van der Waals surface area contributed by atoms with E-state index in [0.29, 0.717) is 12.2 Å². The number of nitrogens with zero attached hydrogens (tertiary/aromatic N) is 3. The number of fused-ring (bicyclic) bond motifs is 1. The van der Waals surface area contributed by atoms with Gasteiger partial charge in [0, 0.05) is 67.2 Å². The predicted molar refractivity (Wildman–Crippen MR) is 117 cm³/mol. The Kier molecular flexibility index (Phi) is 5.32. The van der Waals surface area contributed by atoms with Crippen LogP contribution in [0, 0.1) is 5.92 Å². The van der Waals surface area contributed by atoms with Crippen molar-refractivity contribution in [3.8, 4) is 11.1 Å². The Labute approximate surface area is 176 Å². The van der Waals surface area contributed by atoms with Crippen LogP contribution in [0.15, 0.2) is 48.9 Å². The third-order valence-corrected chi connectivity index (χ3v) is 6.26. The largest absolute Gasteiger partial charge is 0.393 e. The van der Waals surface area contributed by atoms with E-state index in [1.165, 1.54) is 5.56 Å². The van der Waals surface area contributed by atoms with Gasteiger partial charge in [0.2, 0.25) is 0 Å². The van der Waals surface area contributed by atoms with Gasteiger partial charge in [0.1, 0.15) is 5.78 Å². The van der Waals surface area contributed by atoms with E-state index >= 15 is 0 Å². The first-order valence-corrected chi connectivity index (χ1v) is 10.9. The molecule has 5 rings (SSSR count). The fourth-order valence-corrected chi connectivity index (χ4v) is 4.26. The van der Waals surface area contributed by atoms with E-state index in [4.69, 9.17) is 0 Å². The maximum atomic E-state index is 12.2. The van der Waals surface area contributed by atoms with Crippen LogP contribution in [-0.2, 0) is 17.8 Å². The van der Waals surface area contributed by atoms with Crippen LogP contribution in [-0.4, -0.2) is 45.0 Å². The van der Waals surface area contributed by atoms with Gasteiger partial charge in [-0.15, -0.1) is 0 Å². The highest BCUT2D eigenvalue weighted by Gasteiger charge is 2.29. The summed E-state index contributed by atoms with van der Waals surface area (Å²) >= 11 is 0. The number of ketones is 1. The van der Waals surface area contributed by atoms with E-state index in [1.54, 1.807) is 0 Å². The summed E-state index contributed by atoms with van der Waals surface area (Å²) in [4.78, 5) is 23.5. The highest BCUT2D eigenvalue weighted by atomic mass is 16.3. The maximum absolute atomic E-state index is 12.2. The number of aliphatic hydroxyl groups is 1. The van der Waals surface area contributed by atoms with Gasteiger partial charge in [0.15, 0.2) is 0 Å². The summed E-state index contributed by atoms with van der Waals surface area (Å²) in [5.41, 5.74) is 4.26. The second-order valence-corrected chi connectivity index (χ2v) is 8.74. The van der Waals surface area contributed by atoms with E-state index in [1.807, 2.05) is 18.6 Å². The van der Waals surface area contributed by atoms with Crippen molar-refractivity contribution in [1.82, 2.24) is 14.9 Å². The number of carbonyl (C=O) groups excluding carboxylic acids is 1. The minimum atomic E-state index is -0.151. The van der Waals surface area contributed by atoms with Crippen molar-refractivity contribution in [2.24, 2.45) is 5.92 Å². The molecular weight excluding hydrogens is 374 g/mol. The summed E-state index contributed by atoms with van der Waals surface area (Å²) in [6.07, 6.45) is 9.76. The zero-order valence-corrected chi connectivity index (χ0v) is 17.1. The van der Waals surface area contributed by atoms with Crippen LogP contribution >= 0.6 is 0 Å². The van der Waals surface area contributed by atoms with Gasteiger partial charge in [-0.05, 0) is 60.4 Å². The van der Waals surface area contributed by atoms with E-state index in [9.17, 15) is 9.90 Å². The van der Waals surface area contributed by atoms with Crippen LogP contribution in [0.3, 0.4) is 0 Å². The maximum Gasteiger partial charge on any atom is 0.141 e. The lowest BCUT2D eigenvalue weighted by molar-refractivity contribution is -0.119. The number of likely N-dealkylation sites (tertiary alicyclic amines) is 1. The molecule has 30 heavy (non-hydrogen) atoms. The normalized spacial score (nSPS) is 18.0.